The molecule has 0 fully saturated rings. The SMILES string of the molecule is OC(CCc1cccnc1)Cc1cncc(Br)c1. The summed E-state index contributed by atoms with van der Waals surface area (Å²) in [4.78, 5) is 8.15. The van der Waals surface area contributed by atoms with Crippen LogP contribution in [0.15, 0.2) is 47.5 Å². The van der Waals surface area contributed by atoms with Gasteiger partial charge < -0.3 is 5.11 Å². The largest absolute Gasteiger partial charge is 0.393 e. The molecule has 0 spiro atoms. The number of pyridine rings is 2. The Balaban J connectivity index is 1.84. The van der Waals surface area contributed by atoms with Gasteiger partial charge in [0.1, 0.15) is 0 Å². The molecule has 0 amide bonds. The molecule has 0 saturated heterocycles. The molecule has 1 atom stereocenters. The summed E-state index contributed by atoms with van der Waals surface area (Å²) in [5.41, 5.74) is 2.20. The van der Waals surface area contributed by atoms with Crippen LogP contribution in [0.3, 0.4) is 0 Å². The van der Waals surface area contributed by atoms with E-state index in [0.717, 1.165) is 28.4 Å². The first-order valence-electron chi connectivity index (χ1n) is 5.90. The Morgan fingerprint density at radius 1 is 1.17 bits per heavy atom. The van der Waals surface area contributed by atoms with Crippen molar-refractivity contribution >= 4 is 15.9 Å². The smallest absolute Gasteiger partial charge is 0.0584 e. The van der Waals surface area contributed by atoms with Gasteiger partial charge in [0.2, 0.25) is 0 Å². The first-order valence-corrected chi connectivity index (χ1v) is 6.70. The van der Waals surface area contributed by atoms with Crippen molar-refractivity contribution in [1.82, 2.24) is 9.97 Å². The van der Waals surface area contributed by atoms with Crippen molar-refractivity contribution in [2.75, 3.05) is 0 Å². The molecule has 0 saturated carbocycles. The fourth-order valence-electron chi connectivity index (χ4n) is 1.82. The minimum absolute atomic E-state index is 0.346. The monoisotopic (exact) mass is 306 g/mol. The van der Waals surface area contributed by atoms with Gasteiger partial charge in [-0.25, -0.2) is 0 Å². The van der Waals surface area contributed by atoms with Crippen LogP contribution in [0.25, 0.3) is 0 Å². The number of hydrogen-bond donors (Lipinski definition) is 1. The van der Waals surface area contributed by atoms with Gasteiger partial charge in [-0.05, 0) is 58.5 Å². The van der Waals surface area contributed by atoms with E-state index in [4.69, 9.17) is 0 Å². The van der Waals surface area contributed by atoms with Crippen LogP contribution in [-0.4, -0.2) is 21.2 Å². The van der Waals surface area contributed by atoms with Gasteiger partial charge in [-0.3, -0.25) is 9.97 Å². The molecule has 2 rings (SSSR count). The van der Waals surface area contributed by atoms with Crippen molar-refractivity contribution < 1.29 is 5.11 Å². The maximum absolute atomic E-state index is 9.99. The van der Waals surface area contributed by atoms with Gasteiger partial charge in [0.15, 0.2) is 0 Å². The van der Waals surface area contributed by atoms with Crippen LogP contribution < -0.4 is 0 Å². The maximum atomic E-state index is 9.99. The van der Waals surface area contributed by atoms with Gasteiger partial charge >= 0.3 is 0 Å². The normalized spacial score (nSPS) is 12.3. The predicted octanol–water partition coefficient (Wildman–Crippen LogP) is 2.78. The highest BCUT2D eigenvalue weighted by molar-refractivity contribution is 9.10. The van der Waals surface area contributed by atoms with Crippen LogP contribution in [-0.2, 0) is 12.8 Å². The standard InChI is InChI=1S/C14H15BrN2O/c15-13-6-12(9-17-10-13)7-14(18)4-3-11-2-1-5-16-8-11/h1-2,5-6,8-10,14,18H,3-4,7H2. The van der Waals surface area contributed by atoms with E-state index in [1.165, 1.54) is 0 Å². The molecule has 2 heterocycles. The molecule has 4 heteroatoms. The van der Waals surface area contributed by atoms with Gasteiger partial charge in [-0.15, -0.1) is 0 Å². The Kier molecular flexibility index (Phi) is 4.84. The molecule has 0 aromatic carbocycles. The van der Waals surface area contributed by atoms with E-state index in [1.54, 1.807) is 18.6 Å². The van der Waals surface area contributed by atoms with E-state index in [-0.39, 0.29) is 6.10 Å². The molecule has 2 aromatic rings. The van der Waals surface area contributed by atoms with Crippen LogP contribution in [0, 0.1) is 0 Å². The highest BCUT2D eigenvalue weighted by atomic mass is 79.9. The highest BCUT2D eigenvalue weighted by Crippen LogP contribution is 2.13. The number of aliphatic hydroxyl groups is 1. The lowest BCUT2D eigenvalue weighted by molar-refractivity contribution is 0.165. The summed E-state index contributed by atoms with van der Waals surface area (Å²) in [6.07, 6.45) is 8.99. The second-order valence-electron chi connectivity index (χ2n) is 4.27. The average Bonchev–Trinajstić information content (AvgIpc) is 2.38. The summed E-state index contributed by atoms with van der Waals surface area (Å²) in [7, 11) is 0. The van der Waals surface area contributed by atoms with Crippen LogP contribution in [0.5, 0.6) is 0 Å². The summed E-state index contributed by atoms with van der Waals surface area (Å²) in [5, 5.41) is 9.99. The second-order valence-corrected chi connectivity index (χ2v) is 5.18. The summed E-state index contributed by atoms with van der Waals surface area (Å²) in [5.74, 6) is 0. The lowest BCUT2D eigenvalue weighted by Gasteiger charge is -2.10. The number of nitrogens with zero attached hydrogens (tertiary/aromatic N) is 2. The van der Waals surface area contributed by atoms with Crippen molar-refractivity contribution in [3.8, 4) is 0 Å². The van der Waals surface area contributed by atoms with E-state index >= 15 is 0 Å². The molecule has 0 bridgehead atoms. The lowest BCUT2D eigenvalue weighted by atomic mass is 10.0. The average molecular weight is 307 g/mol. The number of aromatic nitrogens is 2. The van der Waals surface area contributed by atoms with Crippen molar-refractivity contribution in [1.29, 1.82) is 0 Å². The van der Waals surface area contributed by atoms with Gasteiger partial charge in [-0.1, -0.05) is 6.07 Å². The second kappa shape index (κ2) is 6.61. The van der Waals surface area contributed by atoms with E-state index in [0.29, 0.717) is 6.42 Å². The third-order valence-electron chi connectivity index (χ3n) is 2.72. The van der Waals surface area contributed by atoms with E-state index in [9.17, 15) is 5.11 Å². The van der Waals surface area contributed by atoms with Gasteiger partial charge in [-0.2, -0.15) is 0 Å². The first kappa shape index (κ1) is 13.2. The first-order chi connectivity index (χ1) is 8.74. The van der Waals surface area contributed by atoms with Gasteiger partial charge in [0.05, 0.1) is 6.10 Å². The molecular weight excluding hydrogens is 292 g/mol. The Morgan fingerprint density at radius 3 is 2.72 bits per heavy atom. The Labute approximate surface area is 115 Å². The minimum atomic E-state index is -0.346. The predicted molar refractivity (Wildman–Crippen MR) is 74.2 cm³/mol. The Bertz CT molecular complexity index is 490. The molecule has 0 aliphatic heterocycles. The molecule has 2 aromatic heterocycles. The fraction of sp³-hybridized carbons (Fsp3) is 0.286. The van der Waals surface area contributed by atoms with Crippen LogP contribution in [0.4, 0.5) is 0 Å². The molecule has 94 valence electrons. The van der Waals surface area contributed by atoms with E-state index in [2.05, 4.69) is 25.9 Å². The molecule has 0 aliphatic rings. The molecule has 3 nitrogen and oxygen atoms in total. The van der Waals surface area contributed by atoms with E-state index < -0.39 is 0 Å². The quantitative estimate of drug-likeness (QED) is 0.924. The third kappa shape index (κ3) is 4.20. The molecule has 1 N–H and O–H groups in total. The Morgan fingerprint density at radius 2 is 2.00 bits per heavy atom. The van der Waals surface area contributed by atoms with Crippen LogP contribution in [0.1, 0.15) is 17.5 Å². The molecule has 1 unspecified atom stereocenters. The number of aryl methyl sites for hydroxylation is 1. The zero-order valence-corrected chi connectivity index (χ0v) is 11.5. The summed E-state index contributed by atoms with van der Waals surface area (Å²) < 4.78 is 0.944. The van der Waals surface area contributed by atoms with Crippen LogP contribution >= 0.6 is 15.9 Å². The summed E-state index contributed by atoms with van der Waals surface area (Å²) in [6.45, 7) is 0. The zero-order valence-electron chi connectivity index (χ0n) is 9.96. The number of rotatable bonds is 5. The molecular formula is C14H15BrN2O. The van der Waals surface area contributed by atoms with Crippen molar-refractivity contribution in [2.24, 2.45) is 0 Å². The number of aliphatic hydroxyl groups excluding tert-OH is 1. The Hall–Kier alpha value is -1.26. The number of hydrogen-bond acceptors (Lipinski definition) is 3. The lowest BCUT2D eigenvalue weighted by Crippen LogP contribution is -2.11. The molecule has 0 aliphatic carbocycles. The summed E-state index contributed by atoms with van der Waals surface area (Å²) in [6, 6.07) is 5.93. The number of halogens is 1. The van der Waals surface area contributed by atoms with Crippen LogP contribution in [0.2, 0.25) is 0 Å². The topological polar surface area (TPSA) is 46.0 Å². The van der Waals surface area contributed by atoms with Gasteiger partial charge in [0, 0.05) is 29.3 Å². The minimum Gasteiger partial charge on any atom is -0.393 e. The fourth-order valence-corrected chi connectivity index (χ4v) is 2.23. The highest BCUT2D eigenvalue weighted by Gasteiger charge is 2.07. The van der Waals surface area contributed by atoms with Crippen molar-refractivity contribution in [3.05, 3.63) is 58.6 Å². The van der Waals surface area contributed by atoms with Gasteiger partial charge in [0.25, 0.3) is 0 Å². The maximum Gasteiger partial charge on any atom is 0.0584 e. The van der Waals surface area contributed by atoms with Crippen molar-refractivity contribution in [3.63, 3.8) is 0 Å². The molecule has 18 heavy (non-hydrogen) atoms. The summed E-state index contributed by atoms with van der Waals surface area (Å²) >= 11 is 3.38. The zero-order chi connectivity index (χ0) is 12.8. The third-order valence-corrected chi connectivity index (χ3v) is 3.16. The van der Waals surface area contributed by atoms with Crippen molar-refractivity contribution in [2.45, 2.75) is 25.4 Å². The molecule has 0 radical (unpaired) electrons. The van der Waals surface area contributed by atoms with E-state index in [1.807, 2.05) is 24.4 Å².